The average molecular weight is 767 g/mol. The van der Waals surface area contributed by atoms with Crippen LogP contribution in [0.3, 0.4) is 0 Å². The highest BCUT2D eigenvalue weighted by Gasteiger charge is 2.62. The van der Waals surface area contributed by atoms with Crippen LogP contribution in [0, 0.1) is 11.8 Å². The third kappa shape index (κ3) is 10.1. The summed E-state index contributed by atoms with van der Waals surface area (Å²) in [4.78, 5) is 73.8. The molecule has 2 N–H and O–H groups in total. The molecule has 4 heterocycles. The van der Waals surface area contributed by atoms with Crippen molar-refractivity contribution in [2.75, 3.05) is 26.3 Å². The third-order valence-electron chi connectivity index (χ3n) is 11.8. The maximum atomic E-state index is 12.4. The molecular weight excluding hydrogens is 712 g/mol. The Bertz CT molecular complexity index is 1530. The minimum absolute atomic E-state index is 0.0257. The Labute approximate surface area is 321 Å². The molecule has 2 amide bonds. The summed E-state index contributed by atoms with van der Waals surface area (Å²) >= 11 is 0. The first kappa shape index (κ1) is 40.4. The highest BCUT2D eigenvalue weighted by Crippen LogP contribution is 2.51. The summed E-state index contributed by atoms with van der Waals surface area (Å²) in [7, 11) is 0. The Hall–Kier alpha value is -4.30. The summed E-state index contributed by atoms with van der Waals surface area (Å²) in [6, 6.07) is 0. The number of epoxide rings is 2. The van der Waals surface area contributed by atoms with Crippen molar-refractivity contribution in [3.05, 3.63) is 47.6 Å². The molecule has 300 valence electrons. The van der Waals surface area contributed by atoms with E-state index in [0.29, 0.717) is 56.3 Å². The smallest absolute Gasteiger partial charge is 0.334 e. The zero-order valence-electron chi connectivity index (χ0n) is 32.0. The van der Waals surface area contributed by atoms with E-state index in [9.17, 15) is 28.8 Å². The van der Waals surface area contributed by atoms with Crippen molar-refractivity contribution in [3.63, 3.8) is 0 Å². The van der Waals surface area contributed by atoms with Gasteiger partial charge in [-0.3, -0.25) is 19.2 Å². The van der Waals surface area contributed by atoms with Crippen molar-refractivity contribution in [1.29, 1.82) is 0 Å². The van der Waals surface area contributed by atoms with E-state index >= 15 is 0 Å². The SMILES string of the molecule is C=C1C(=O)O[C@H]2[C@H]1CC/C(COC(=O)CCC(=O)NCCCNC(=O)CCC(=O)OC/C1=C/CC[C@@]3(C)O[C@H]3[C@H]3OC(=O)C(=C)[C@@H]3CC1)=C\CC[C@@]1(C)O[C@@H]21. The van der Waals surface area contributed by atoms with Crippen molar-refractivity contribution in [2.24, 2.45) is 11.8 Å². The van der Waals surface area contributed by atoms with Crippen molar-refractivity contribution >= 4 is 35.7 Å². The number of fused-ring (bicyclic) bond motifs is 6. The number of carbonyl (C=O) groups excluding carboxylic acids is 6. The van der Waals surface area contributed by atoms with E-state index in [1.54, 1.807) is 0 Å². The molecule has 55 heavy (non-hydrogen) atoms. The molecule has 14 heteroatoms. The van der Waals surface area contributed by atoms with E-state index in [0.717, 1.165) is 36.8 Å². The molecule has 0 unspecified atom stereocenters. The normalized spacial score (nSPS) is 34.4. The van der Waals surface area contributed by atoms with Gasteiger partial charge in [-0.1, -0.05) is 25.3 Å². The Balaban J connectivity index is 0.800. The lowest BCUT2D eigenvalue weighted by molar-refractivity contribution is -0.144. The highest BCUT2D eigenvalue weighted by molar-refractivity contribution is 5.91. The number of carbonyl (C=O) groups is 6. The summed E-state index contributed by atoms with van der Waals surface area (Å²) in [5, 5.41) is 5.48. The first-order valence-corrected chi connectivity index (χ1v) is 19.6. The van der Waals surface area contributed by atoms with Gasteiger partial charge in [-0.05, 0) is 82.8 Å². The van der Waals surface area contributed by atoms with Crippen LogP contribution in [0.25, 0.3) is 0 Å². The number of nitrogens with one attached hydrogen (secondary N) is 2. The maximum absolute atomic E-state index is 12.4. The number of allylic oxidation sites excluding steroid dienone is 2. The number of rotatable bonds is 14. The molecule has 2 aliphatic carbocycles. The summed E-state index contributed by atoms with van der Waals surface area (Å²) in [6.45, 7) is 12.7. The molecule has 6 rings (SSSR count). The number of amides is 2. The lowest BCUT2D eigenvalue weighted by Crippen LogP contribution is -2.30. The molecular formula is C41H54N2O12. The van der Waals surface area contributed by atoms with Gasteiger partial charge >= 0.3 is 23.9 Å². The van der Waals surface area contributed by atoms with Gasteiger partial charge in [0.25, 0.3) is 0 Å². The van der Waals surface area contributed by atoms with Crippen LogP contribution in [0.4, 0.5) is 0 Å². The van der Waals surface area contributed by atoms with Crippen LogP contribution in [0.15, 0.2) is 47.6 Å². The predicted molar refractivity (Wildman–Crippen MR) is 196 cm³/mol. The quantitative estimate of drug-likeness (QED) is 0.0652. The largest absolute Gasteiger partial charge is 0.461 e. The molecule has 0 radical (unpaired) electrons. The van der Waals surface area contributed by atoms with Crippen LogP contribution in [0.2, 0.25) is 0 Å². The number of ether oxygens (including phenoxy) is 6. The number of hydrogen-bond acceptors (Lipinski definition) is 12. The molecule has 4 aliphatic heterocycles. The van der Waals surface area contributed by atoms with E-state index < -0.39 is 11.9 Å². The van der Waals surface area contributed by atoms with Gasteiger partial charge < -0.3 is 39.1 Å². The van der Waals surface area contributed by atoms with E-state index in [2.05, 4.69) is 35.9 Å². The topological polar surface area (TPSA) is 188 Å². The predicted octanol–water partition coefficient (Wildman–Crippen LogP) is 3.77. The highest BCUT2D eigenvalue weighted by atomic mass is 16.7. The summed E-state index contributed by atoms with van der Waals surface area (Å²) in [6.07, 6.45) is 9.07. The third-order valence-corrected chi connectivity index (χ3v) is 11.8. The van der Waals surface area contributed by atoms with Crippen molar-refractivity contribution in [2.45, 2.75) is 133 Å². The number of esters is 4. The first-order valence-electron chi connectivity index (χ1n) is 19.6. The molecule has 14 nitrogen and oxygen atoms in total. The standard InChI is InChI=1S/C41H54N2O12/c1-24-28-12-10-26(8-5-18-40(3)36(54-40)34(28)52-38(24)48)22-50-32(46)16-14-30(44)42-20-7-21-43-31(45)15-17-33(47)51-23-27-9-6-19-41(4)37(55-41)35-29(13-11-27)25(2)39(49)53-35/h8-9,28-29,34-37H,1-2,5-7,10-23H2,3-4H3,(H,42,44)(H,43,45)/b26-8+,27-9+/t28-,29-,34-,35-,36-,37-,40+,41+/m0/s1. The van der Waals surface area contributed by atoms with Gasteiger partial charge in [-0.2, -0.15) is 0 Å². The summed E-state index contributed by atoms with van der Waals surface area (Å²) < 4.78 is 34.0. The van der Waals surface area contributed by atoms with Crippen molar-refractivity contribution < 1.29 is 57.2 Å². The molecule has 0 saturated carbocycles. The van der Waals surface area contributed by atoms with Crippen molar-refractivity contribution in [3.8, 4) is 0 Å². The minimum Gasteiger partial charge on any atom is -0.461 e. The second-order valence-electron chi connectivity index (χ2n) is 16.0. The van der Waals surface area contributed by atoms with Crippen molar-refractivity contribution in [1.82, 2.24) is 10.6 Å². The molecule has 6 aliphatic rings. The second-order valence-corrected chi connectivity index (χ2v) is 16.0. The fourth-order valence-corrected chi connectivity index (χ4v) is 8.14. The van der Waals surface area contributed by atoms with Crippen LogP contribution < -0.4 is 10.6 Å². The average Bonchev–Trinajstić information content (AvgIpc) is 3.96. The molecule has 4 saturated heterocycles. The van der Waals surface area contributed by atoms with E-state index in [1.807, 2.05) is 13.8 Å². The van der Waals surface area contributed by atoms with Gasteiger partial charge in [0.05, 0.1) is 24.0 Å². The zero-order valence-corrected chi connectivity index (χ0v) is 32.0. The monoisotopic (exact) mass is 766 g/mol. The van der Waals surface area contributed by atoms with Gasteiger partial charge in [0.2, 0.25) is 11.8 Å². The van der Waals surface area contributed by atoms with Crippen LogP contribution in [-0.2, 0) is 57.2 Å². The molecule has 8 atom stereocenters. The second kappa shape index (κ2) is 17.2. The molecule has 0 aromatic carbocycles. The van der Waals surface area contributed by atoms with E-state index in [-0.39, 0.29) is 110 Å². The Morgan fingerprint density at radius 1 is 0.709 bits per heavy atom. The van der Waals surface area contributed by atoms with Gasteiger partial charge in [-0.25, -0.2) is 9.59 Å². The van der Waals surface area contributed by atoms with E-state index in [4.69, 9.17) is 28.4 Å². The molecule has 0 spiro atoms. The Kier molecular flexibility index (Phi) is 12.6. The number of hydrogen-bond donors (Lipinski definition) is 2. The molecule has 4 fully saturated rings. The lowest BCUT2D eigenvalue weighted by atomic mass is 9.84. The van der Waals surface area contributed by atoms with Gasteiger partial charge in [-0.15, -0.1) is 0 Å². The van der Waals surface area contributed by atoms with Crippen LogP contribution in [0.5, 0.6) is 0 Å². The van der Waals surface area contributed by atoms with Gasteiger partial charge in [0.15, 0.2) is 0 Å². The molecule has 0 bridgehead atoms. The first-order chi connectivity index (χ1) is 26.3. The zero-order chi connectivity index (χ0) is 39.3. The fraction of sp³-hybridized carbons (Fsp3) is 0.659. The fourth-order valence-electron chi connectivity index (χ4n) is 8.14. The van der Waals surface area contributed by atoms with Crippen LogP contribution in [0.1, 0.15) is 97.3 Å². The molecule has 0 aromatic rings. The lowest BCUT2D eigenvalue weighted by Gasteiger charge is -2.20. The van der Waals surface area contributed by atoms with Gasteiger partial charge in [0, 0.05) is 48.9 Å². The van der Waals surface area contributed by atoms with Gasteiger partial charge in [0.1, 0.15) is 37.6 Å². The minimum atomic E-state index is -0.479. The van der Waals surface area contributed by atoms with Crippen LogP contribution in [-0.4, -0.2) is 97.6 Å². The summed E-state index contributed by atoms with van der Waals surface area (Å²) in [5.74, 6) is -2.59. The van der Waals surface area contributed by atoms with E-state index in [1.165, 1.54) is 0 Å². The Morgan fingerprint density at radius 3 is 1.55 bits per heavy atom. The van der Waals surface area contributed by atoms with Crippen LogP contribution >= 0.6 is 0 Å². The molecule has 0 aromatic heterocycles. The summed E-state index contributed by atoms with van der Waals surface area (Å²) in [5.41, 5.74) is 2.13. The Morgan fingerprint density at radius 2 is 1.13 bits per heavy atom. The maximum Gasteiger partial charge on any atom is 0.334 e.